The van der Waals surface area contributed by atoms with Crippen molar-refractivity contribution < 1.29 is 4.74 Å². The van der Waals surface area contributed by atoms with Gasteiger partial charge in [-0.05, 0) is 46.3 Å². The van der Waals surface area contributed by atoms with E-state index >= 15 is 0 Å². The Kier molecular flexibility index (Phi) is 5.89. The van der Waals surface area contributed by atoms with Crippen molar-refractivity contribution in [3.63, 3.8) is 0 Å². The van der Waals surface area contributed by atoms with Crippen LogP contribution in [0.3, 0.4) is 0 Å². The Morgan fingerprint density at radius 2 is 2.00 bits per heavy atom. The first-order valence-electron chi connectivity index (χ1n) is 7.50. The van der Waals surface area contributed by atoms with E-state index in [4.69, 9.17) is 4.74 Å². The minimum Gasteiger partial charge on any atom is -0.378 e. The third-order valence-electron chi connectivity index (χ3n) is 4.17. The van der Waals surface area contributed by atoms with Gasteiger partial charge in [0.05, 0.1) is 6.10 Å². The predicted octanol–water partition coefficient (Wildman–Crippen LogP) is 0.781. The quantitative estimate of drug-likeness (QED) is 0.735. The Hall–Kier alpha value is -0.160. The lowest BCUT2D eigenvalue weighted by Crippen LogP contribution is -2.45. The fourth-order valence-corrected chi connectivity index (χ4v) is 2.86. The molecule has 2 heterocycles. The van der Waals surface area contributed by atoms with Crippen molar-refractivity contribution >= 4 is 0 Å². The highest BCUT2D eigenvalue weighted by Crippen LogP contribution is 2.12. The summed E-state index contributed by atoms with van der Waals surface area (Å²) >= 11 is 0. The molecule has 1 N–H and O–H groups in total. The molecule has 2 aliphatic rings. The summed E-state index contributed by atoms with van der Waals surface area (Å²) in [5.74, 6) is 0. The van der Waals surface area contributed by atoms with Gasteiger partial charge >= 0.3 is 0 Å². The molecule has 2 atom stereocenters. The van der Waals surface area contributed by atoms with Crippen LogP contribution in [0.15, 0.2) is 0 Å². The van der Waals surface area contributed by atoms with Gasteiger partial charge in [-0.15, -0.1) is 0 Å². The molecule has 0 aromatic carbocycles. The maximum atomic E-state index is 5.57. The molecular formula is C14H29N3O. The second-order valence-electron chi connectivity index (χ2n) is 5.86. The van der Waals surface area contributed by atoms with Crippen LogP contribution in [-0.2, 0) is 4.74 Å². The number of hydrogen-bond donors (Lipinski definition) is 1. The van der Waals surface area contributed by atoms with E-state index < -0.39 is 0 Å². The smallest absolute Gasteiger partial charge is 0.0561 e. The molecule has 18 heavy (non-hydrogen) atoms. The van der Waals surface area contributed by atoms with Crippen LogP contribution in [0.2, 0.25) is 0 Å². The van der Waals surface area contributed by atoms with Crippen LogP contribution in [0.25, 0.3) is 0 Å². The van der Waals surface area contributed by atoms with E-state index in [9.17, 15) is 0 Å². The SMILES string of the molecule is CC1CC(NCCCN2CCN(C)CC2)CCO1. The molecule has 106 valence electrons. The standard InChI is InChI=1S/C14H29N3O/c1-13-12-14(4-11-18-13)15-5-3-6-17-9-7-16(2)8-10-17/h13-15H,3-12H2,1-2H3. The molecule has 2 rings (SSSR count). The summed E-state index contributed by atoms with van der Waals surface area (Å²) in [6.07, 6.45) is 4.07. The summed E-state index contributed by atoms with van der Waals surface area (Å²) in [4.78, 5) is 5.01. The Morgan fingerprint density at radius 1 is 1.22 bits per heavy atom. The lowest BCUT2D eigenvalue weighted by atomic mass is 10.0. The molecule has 0 saturated carbocycles. The molecule has 0 spiro atoms. The third kappa shape index (κ3) is 4.84. The topological polar surface area (TPSA) is 27.7 Å². The summed E-state index contributed by atoms with van der Waals surface area (Å²) < 4.78 is 5.57. The summed E-state index contributed by atoms with van der Waals surface area (Å²) in [7, 11) is 2.21. The van der Waals surface area contributed by atoms with Crippen molar-refractivity contribution in [3.05, 3.63) is 0 Å². The highest BCUT2D eigenvalue weighted by atomic mass is 16.5. The molecule has 2 saturated heterocycles. The minimum atomic E-state index is 0.439. The largest absolute Gasteiger partial charge is 0.378 e. The first-order valence-corrected chi connectivity index (χ1v) is 7.50. The monoisotopic (exact) mass is 255 g/mol. The minimum absolute atomic E-state index is 0.439. The van der Waals surface area contributed by atoms with E-state index in [1.807, 2.05) is 0 Å². The van der Waals surface area contributed by atoms with E-state index in [1.54, 1.807) is 0 Å². The van der Waals surface area contributed by atoms with Gasteiger partial charge in [-0.1, -0.05) is 0 Å². The number of ether oxygens (including phenoxy) is 1. The summed E-state index contributed by atoms with van der Waals surface area (Å²) in [6.45, 7) is 10.4. The van der Waals surface area contributed by atoms with Gasteiger partial charge in [0.25, 0.3) is 0 Å². The number of rotatable bonds is 5. The molecule has 2 unspecified atom stereocenters. The number of piperazine rings is 1. The number of likely N-dealkylation sites (N-methyl/N-ethyl adjacent to an activating group) is 1. The maximum Gasteiger partial charge on any atom is 0.0561 e. The lowest BCUT2D eigenvalue weighted by molar-refractivity contribution is 0.0132. The zero-order chi connectivity index (χ0) is 12.8. The van der Waals surface area contributed by atoms with Crippen molar-refractivity contribution in [2.45, 2.75) is 38.3 Å². The summed E-state index contributed by atoms with van der Waals surface area (Å²) in [5, 5.41) is 3.68. The predicted molar refractivity (Wildman–Crippen MR) is 75.0 cm³/mol. The van der Waals surface area contributed by atoms with E-state index in [1.165, 1.54) is 52.0 Å². The first kappa shape index (κ1) is 14.3. The van der Waals surface area contributed by atoms with E-state index in [-0.39, 0.29) is 0 Å². The van der Waals surface area contributed by atoms with Crippen molar-refractivity contribution in [3.8, 4) is 0 Å². The molecule has 4 nitrogen and oxygen atoms in total. The van der Waals surface area contributed by atoms with Crippen LogP contribution in [0.5, 0.6) is 0 Å². The number of nitrogens with zero attached hydrogens (tertiary/aromatic N) is 2. The molecule has 0 bridgehead atoms. The lowest BCUT2D eigenvalue weighted by Gasteiger charge is -2.32. The number of nitrogens with one attached hydrogen (secondary N) is 1. The summed E-state index contributed by atoms with van der Waals surface area (Å²) in [5.41, 5.74) is 0. The molecule has 0 aliphatic carbocycles. The molecular weight excluding hydrogens is 226 g/mol. The van der Waals surface area contributed by atoms with Crippen molar-refractivity contribution in [2.24, 2.45) is 0 Å². The highest BCUT2D eigenvalue weighted by Gasteiger charge is 2.18. The van der Waals surface area contributed by atoms with Crippen molar-refractivity contribution in [1.82, 2.24) is 15.1 Å². The van der Waals surface area contributed by atoms with Gasteiger partial charge in [0.2, 0.25) is 0 Å². The van der Waals surface area contributed by atoms with Gasteiger partial charge < -0.3 is 19.9 Å². The van der Waals surface area contributed by atoms with Crippen LogP contribution >= 0.6 is 0 Å². The van der Waals surface area contributed by atoms with Crippen LogP contribution in [-0.4, -0.2) is 74.9 Å². The maximum absolute atomic E-state index is 5.57. The molecule has 0 amide bonds. The van der Waals surface area contributed by atoms with Gasteiger partial charge in [-0.2, -0.15) is 0 Å². The van der Waals surface area contributed by atoms with Crippen LogP contribution in [0.1, 0.15) is 26.2 Å². The molecule has 2 aliphatic heterocycles. The van der Waals surface area contributed by atoms with E-state index in [2.05, 4.69) is 29.1 Å². The third-order valence-corrected chi connectivity index (χ3v) is 4.17. The van der Waals surface area contributed by atoms with Crippen LogP contribution < -0.4 is 5.32 Å². The highest BCUT2D eigenvalue weighted by molar-refractivity contribution is 4.75. The van der Waals surface area contributed by atoms with Crippen LogP contribution in [0.4, 0.5) is 0 Å². The molecule has 4 heteroatoms. The van der Waals surface area contributed by atoms with Crippen molar-refractivity contribution in [1.29, 1.82) is 0 Å². The average molecular weight is 255 g/mol. The van der Waals surface area contributed by atoms with Gasteiger partial charge in [0, 0.05) is 38.8 Å². The fraction of sp³-hybridized carbons (Fsp3) is 1.00. The molecule has 2 fully saturated rings. The van der Waals surface area contributed by atoms with Gasteiger partial charge in [0.15, 0.2) is 0 Å². The zero-order valence-electron chi connectivity index (χ0n) is 12.0. The Morgan fingerprint density at radius 3 is 2.72 bits per heavy atom. The van der Waals surface area contributed by atoms with Crippen LogP contribution in [0, 0.1) is 0 Å². The Bertz CT molecular complexity index is 229. The van der Waals surface area contributed by atoms with Crippen molar-refractivity contribution in [2.75, 3.05) is 52.9 Å². The first-order chi connectivity index (χ1) is 8.74. The Labute approximate surface area is 112 Å². The summed E-state index contributed by atoms with van der Waals surface area (Å²) in [6, 6.07) is 0.682. The second kappa shape index (κ2) is 7.43. The normalized spacial score (nSPS) is 31.7. The van der Waals surface area contributed by atoms with Gasteiger partial charge in [-0.3, -0.25) is 0 Å². The zero-order valence-corrected chi connectivity index (χ0v) is 12.0. The average Bonchev–Trinajstić information content (AvgIpc) is 2.37. The van der Waals surface area contributed by atoms with Gasteiger partial charge in [-0.25, -0.2) is 0 Å². The molecule has 0 aromatic rings. The van der Waals surface area contributed by atoms with Gasteiger partial charge in [0.1, 0.15) is 0 Å². The number of hydrogen-bond acceptors (Lipinski definition) is 4. The van der Waals surface area contributed by atoms with E-state index in [0.717, 1.165) is 13.2 Å². The second-order valence-corrected chi connectivity index (χ2v) is 5.86. The fourth-order valence-electron chi connectivity index (χ4n) is 2.86. The molecule has 0 aromatic heterocycles. The van der Waals surface area contributed by atoms with E-state index in [0.29, 0.717) is 12.1 Å². The molecule has 0 radical (unpaired) electrons. The Balaban J connectivity index is 1.50.